The Morgan fingerprint density at radius 2 is 1.65 bits per heavy atom. The van der Waals surface area contributed by atoms with Crippen molar-refractivity contribution in [2.45, 2.75) is 44.4 Å². The Bertz CT molecular complexity index is 831. The van der Waals surface area contributed by atoms with Crippen LogP contribution in [0.5, 0.6) is 0 Å². The molecule has 0 fully saturated rings. The van der Waals surface area contributed by atoms with Crippen LogP contribution in [-0.2, 0) is 21.9 Å². The monoisotopic (exact) mass is 329 g/mol. The highest BCUT2D eigenvalue weighted by Crippen LogP contribution is 2.34. The fourth-order valence-electron chi connectivity index (χ4n) is 3.00. The Hall–Kier alpha value is -1.81. The Morgan fingerprint density at radius 3 is 2.26 bits per heavy atom. The van der Waals surface area contributed by atoms with Crippen LogP contribution in [0.2, 0.25) is 0 Å². The van der Waals surface area contributed by atoms with Gasteiger partial charge in [-0.25, -0.2) is 8.42 Å². The number of benzene rings is 2. The molecular weight excluding hydrogens is 306 g/mol. The standard InChI is InChI=1S/C19H23NO2S/c1-14-5-10-18-15(13-14)11-12-20(18)23(21,22)17-8-6-16(7-9-17)19(2,3)4/h5-10,13H,11-12H2,1-4H3. The first-order valence-electron chi connectivity index (χ1n) is 7.92. The lowest BCUT2D eigenvalue weighted by atomic mass is 9.87. The largest absolute Gasteiger partial charge is 0.266 e. The van der Waals surface area contributed by atoms with Crippen molar-refractivity contribution in [1.82, 2.24) is 0 Å². The van der Waals surface area contributed by atoms with Crippen molar-refractivity contribution in [2.75, 3.05) is 10.8 Å². The number of hydrogen-bond donors (Lipinski definition) is 0. The molecule has 3 rings (SSSR count). The van der Waals surface area contributed by atoms with E-state index in [-0.39, 0.29) is 5.41 Å². The summed E-state index contributed by atoms with van der Waals surface area (Å²) in [5, 5.41) is 0. The smallest absolute Gasteiger partial charge is 0.264 e. The molecule has 23 heavy (non-hydrogen) atoms. The SMILES string of the molecule is Cc1ccc2c(c1)CCN2S(=O)(=O)c1ccc(C(C)(C)C)cc1. The fraction of sp³-hybridized carbons (Fsp3) is 0.368. The van der Waals surface area contributed by atoms with Crippen LogP contribution in [0.25, 0.3) is 0 Å². The van der Waals surface area contributed by atoms with Gasteiger partial charge in [0.1, 0.15) is 0 Å². The summed E-state index contributed by atoms with van der Waals surface area (Å²) in [4.78, 5) is 0.360. The van der Waals surface area contributed by atoms with Gasteiger partial charge in [-0.15, -0.1) is 0 Å². The van der Waals surface area contributed by atoms with E-state index >= 15 is 0 Å². The lowest BCUT2D eigenvalue weighted by Crippen LogP contribution is -2.29. The Kier molecular flexibility index (Phi) is 3.75. The predicted molar refractivity (Wildman–Crippen MR) is 94.6 cm³/mol. The summed E-state index contributed by atoms with van der Waals surface area (Å²) in [5.41, 5.74) is 4.24. The zero-order chi connectivity index (χ0) is 16.8. The summed E-state index contributed by atoms with van der Waals surface area (Å²) in [5.74, 6) is 0. The summed E-state index contributed by atoms with van der Waals surface area (Å²) < 4.78 is 27.5. The summed E-state index contributed by atoms with van der Waals surface area (Å²) >= 11 is 0. The predicted octanol–water partition coefficient (Wildman–Crippen LogP) is 4.04. The summed E-state index contributed by atoms with van der Waals surface area (Å²) in [6.07, 6.45) is 0.774. The van der Waals surface area contributed by atoms with Crippen molar-refractivity contribution in [3.63, 3.8) is 0 Å². The fourth-order valence-corrected chi connectivity index (χ4v) is 4.51. The van der Waals surface area contributed by atoms with Gasteiger partial charge in [0.2, 0.25) is 0 Å². The number of sulfonamides is 1. The molecular formula is C19H23NO2S. The van der Waals surface area contributed by atoms with Crippen molar-refractivity contribution in [3.05, 3.63) is 59.2 Å². The maximum atomic E-state index is 13.0. The van der Waals surface area contributed by atoms with E-state index in [1.807, 2.05) is 31.2 Å². The van der Waals surface area contributed by atoms with Gasteiger partial charge in [0, 0.05) is 6.54 Å². The number of hydrogen-bond acceptors (Lipinski definition) is 2. The van der Waals surface area contributed by atoms with Crippen molar-refractivity contribution < 1.29 is 8.42 Å². The maximum Gasteiger partial charge on any atom is 0.264 e. The third-order valence-electron chi connectivity index (χ3n) is 4.40. The average molecular weight is 329 g/mol. The van der Waals surface area contributed by atoms with Crippen LogP contribution in [0, 0.1) is 6.92 Å². The zero-order valence-electron chi connectivity index (χ0n) is 14.1. The highest BCUT2D eigenvalue weighted by atomic mass is 32.2. The number of rotatable bonds is 2. The Morgan fingerprint density at radius 1 is 1.00 bits per heavy atom. The molecule has 0 atom stereocenters. The van der Waals surface area contributed by atoms with Crippen LogP contribution in [0.3, 0.4) is 0 Å². The normalized spacial score (nSPS) is 14.9. The van der Waals surface area contributed by atoms with Crippen molar-refractivity contribution in [3.8, 4) is 0 Å². The van der Waals surface area contributed by atoms with Gasteiger partial charge in [0.25, 0.3) is 10.0 Å². The molecule has 0 aliphatic carbocycles. The molecule has 1 heterocycles. The molecule has 2 aromatic carbocycles. The Labute approximate surface area is 139 Å². The van der Waals surface area contributed by atoms with E-state index in [0.29, 0.717) is 11.4 Å². The van der Waals surface area contributed by atoms with Crippen molar-refractivity contribution in [2.24, 2.45) is 0 Å². The molecule has 0 aromatic heterocycles. The molecule has 1 aliphatic rings. The molecule has 0 unspecified atom stereocenters. The van der Waals surface area contributed by atoms with E-state index < -0.39 is 10.0 Å². The minimum atomic E-state index is -3.49. The summed E-state index contributed by atoms with van der Waals surface area (Å²) in [7, 11) is -3.49. The molecule has 0 N–H and O–H groups in total. The molecule has 0 spiro atoms. The van der Waals surface area contributed by atoms with E-state index in [4.69, 9.17) is 0 Å². The van der Waals surface area contributed by atoms with Crippen molar-refractivity contribution >= 4 is 15.7 Å². The van der Waals surface area contributed by atoms with Gasteiger partial charge in [-0.3, -0.25) is 4.31 Å². The first kappa shape index (κ1) is 16.1. The molecule has 3 nitrogen and oxygen atoms in total. The second-order valence-electron chi connectivity index (χ2n) is 7.23. The second kappa shape index (κ2) is 5.38. The molecule has 2 aromatic rings. The van der Waals surface area contributed by atoms with Gasteiger partial charge in [-0.05, 0) is 48.1 Å². The number of aryl methyl sites for hydroxylation is 1. The van der Waals surface area contributed by atoms with Crippen molar-refractivity contribution in [1.29, 1.82) is 0 Å². The van der Waals surface area contributed by atoms with E-state index in [9.17, 15) is 8.42 Å². The van der Waals surface area contributed by atoms with Gasteiger partial charge in [0.15, 0.2) is 0 Å². The van der Waals surface area contributed by atoms with Crippen LogP contribution < -0.4 is 4.31 Å². The van der Waals surface area contributed by atoms with Gasteiger partial charge in [-0.2, -0.15) is 0 Å². The van der Waals surface area contributed by atoms with Gasteiger partial charge in [0.05, 0.1) is 10.6 Å². The lowest BCUT2D eigenvalue weighted by molar-refractivity contribution is 0.585. The van der Waals surface area contributed by atoms with Crippen LogP contribution in [-0.4, -0.2) is 15.0 Å². The summed E-state index contributed by atoms with van der Waals surface area (Å²) in [6, 6.07) is 13.2. The maximum absolute atomic E-state index is 13.0. The molecule has 0 saturated carbocycles. The molecule has 0 amide bonds. The third-order valence-corrected chi connectivity index (χ3v) is 6.22. The minimum Gasteiger partial charge on any atom is -0.266 e. The van der Waals surface area contributed by atoms with Crippen LogP contribution in [0.4, 0.5) is 5.69 Å². The van der Waals surface area contributed by atoms with E-state index in [0.717, 1.165) is 28.8 Å². The minimum absolute atomic E-state index is 0.0140. The quantitative estimate of drug-likeness (QED) is 0.834. The molecule has 4 heteroatoms. The highest BCUT2D eigenvalue weighted by molar-refractivity contribution is 7.92. The number of nitrogens with zero attached hydrogens (tertiary/aromatic N) is 1. The lowest BCUT2D eigenvalue weighted by Gasteiger charge is -2.22. The summed E-state index contributed by atoms with van der Waals surface area (Å²) in [6.45, 7) is 8.91. The van der Waals surface area contributed by atoms with E-state index in [2.05, 4.69) is 26.8 Å². The first-order valence-corrected chi connectivity index (χ1v) is 9.36. The van der Waals surface area contributed by atoms with Crippen LogP contribution in [0.15, 0.2) is 47.4 Å². The number of anilines is 1. The molecule has 0 saturated heterocycles. The number of fused-ring (bicyclic) bond motifs is 1. The topological polar surface area (TPSA) is 37.4 Å². The molecule has 0 radical (unpaired) electrons. The third kappa shape index (κ3) is 2.88. The van der Waals surface area contributed by atoms with Crippen LogP contribution in [0.1, 0.15) is 37.5 Å². The molecule has 122 valence electrons. The van der Waals surface area contributed by atoms with Gasteiger partial charge < -0.3 is 0 Å². The average Bonchev–Trinajstić information content (AvgIpc) is 2.90. The van der Waals surface area contributed by atoms with E-state index in [1.54, 1.807) is 12.1 Å². The van der Waals surface area contributed by atoms with E-state index in [1.165, 1.54) is 4.31 Å². The second-order valence-corrected chi connectivity index (χ2v) is 9.10. The van der Waals surface area contributed by atoms with Gasteiger partial charge >= 0.3 is 0 Å². The Balaban J connectivity index is 1.98. The highest BCUT2D eigenvalue weighted by Gasteiger charge is 2.31. The molecule has 0 bridgehead atoms. The molecule has 1 aliphatic heterocycles. The first-order chi connectivity index (χ1) is 10.7. The van der Waals surface area contributed by atoms with Gasteiger partial charge in [-0.1, -0.05) is 50.6 Å². The zero-order valence-corrected chi connectivity index (χ0v) is 14.9. The van der Waals surface area contributed by atoms with Crippen LogP contribution >= 0.6 is 0 Å².